The molecule has 4 atom stereocenters. The van der Waals surface area contributed by atoms with E-state index in [2.05, 4.69) is 16.0 Å². The fourth-order valence-corrected chi connectivity index (χ4v) is 5.16. The number of carbonyl (C=O) groups is 2. The number of rotatable bonds is 12. The second-order valence-corrected chi connectivity index (χ2v) is 11.6. The van der Waals surface area contributed by atoms with E-state index in [4.69, 9.17) is 19.9 Å². The minimum absolute atomic E-state index is 0.0342. The zero-order valence-electron chi connectivity index (χ0n) is 26.6. The van der Waals surface area contributed by atoms with Crippen molar-refractivity contribution in [2.75, 3.05) is 25.1 Å². The van der Waals surface area contributed by atoms with Crippen LogP contribution in [0.4, 0.5) is 28.0 Å². The van der Waals surface area contributed by atoms with Crippen LogP contribution in [0.2, 0.25) is 0 Å². The van der Waals surface area contributed by atoms with Crippen molar-refractivity contribution in [1.29, 1.82) is 0 Å². The lowest BCUT2D eigenvalue weighted by Gasteiger charge is -2.33. The molecule has 0 spiro atoms. The molecule has 0 bridgehead atoms. The first-order valence-corrected chi connectivity index (χ1v) is 15.6. The van der Waals surface area contributed by atoms with Crippen LogP contribution in [0, 0.1) is 23.3 Å². The number of morpholine rings is 1. The predicted molar refractivity (Wildman–Crippen MR) is 175 cm³/mol. The average Bonchev–Trinajstić information content (AvgIpc) is 3.10. The van der Waals surface area contributed by atoms with Crippen molar-refractivity contribution in [2.45, 2.75) is 44.2 Å². The molecule has 2 amide bonds. The van der Waals surface area contributed by atoms with E-state index >= 15 is 0 Å². The number of anilines is 1. The molecule has 5 rings (SSSR count). The highest BCUT2D eigenvalue weighted by atomic mass is 19.1. The summed E-state index contributed by atoms with van der Waals surface area (Å²) in [4.78, 5) is 25.2. The molecule has 1 fully saturated rings. The minimum Gasteiger partial charge on any atom is -0.483 e. The molecule has 4 aromatic carbocycles. The number of para-hydroxylation sites is 1. The van der Waals surface area contributed by atoms with Crippen molar-refractivity contribution in [3.05, 3.63) is 119 Å². The zero-order chi connectivity index (χ0) is 34.9. The average molecular weight is 681 g/mol. The molecule has 0 saturated carbocycles. The molecule has 5 N–H and O–H groups in total. The maximum Gasteiger partial charge on any atom is 0.407 e. The van der Waals surface area contributed by atoms with Crippen LogP contribution in [0.5, 0.6) is 5.75 Å². The highest BCUT2D eigenvalue weighted by Gasteiger charge is 2.29. The van der Waals surface area contributed by atoms with Gasteiger partial charge < -0.3 is 35.9 Å². The van der Waals surface area contributed by atoms with Gasteiger partial charge in [0.1, 0.15) is 36.3 Å². The Balaban J connectivity index is 1.11. The number of halogens is 4. The molecular weight excluding hydrogens is 644 g/mol. The summed E-state index contributed by atoms with van der Waals surface area (Å²) >= 11 is 0. The fourth-order valence-electron chi connectivity index (χ4n) is 5.16. The number of carbonyl (C=O) groups excluding carboxylic acids is 2. The van der Waals surface area contributed by atoms with Gasteiger partial charge in [0.15, 0.2) is 11.6 Å². The Morgan fingerprint density at radius 3 is 2.33 bits per heavy atom. The molecule has 9 nitrogen and oxygen atoms in total. The molecule has 13 heteroatoms. The molecular formula is C36H36F4N4O5. The number of amides is 2. The van der Waals surface area contributed by atoms with Gasteiger partial charge in [-0.25, -0.2) is 22.4 Å². The molecule has 0 radical (unpaired) electrons. The second kappa shape index (κ2) is 16.4. The largest absolute Gasteiger partial charge is 0.483 e. The lowest BCUT2D eigenvalue weighted by molar-refractivity contribution is -0.117. The molecule has 1 aliphatic heterocycles. The van der Waals surface area contributed by atoms with E-state index in [-0.39, 0.29) is 55.0 Å². The molecule has 0 aliphatic carbocycles. The first kappa shape index (κ1) is 35.3. The van der Waals surface area contributed by atoms with Gasteiger partial charge in [-0.1, -0.05) is 36.4 Å². The van der Waals surface area contributed by atoms with Crippen LogP contribution >= 0.6 is 0 Å². The molecule has 1 saturated heterocycles. The van der Waals surface area contributed by atoms with Gasteiger partial charge >= 0.3 is 6.09 Å². The summed E-state index contributed by atoms with van der Waals surface area (Å²) < 4.78 is 73.0. The topological polar surface area (TPSA) is 124 Å². The third-order valence-corrected chi connectivity index (χ3v) is 7.92. The van der Waals surface area contributed by atoms with Crippen LogP contribution in [-0.2, 0) is 27.2 Å². The fraction of sp³-hybridized carbons (Fsp3) is 0.278. The van der Waals surface area contributed by atoms with Crippen LogP contribution in [0.25, 0.3) is 11.1 Å². The third kappa shape index (κ3) is 9.78. The Bertz CT molecular complexity index is 1730. The second-order valence-electron chi connectivity index (χ2n) is 11.6. The predicted octanol–water partition coefficient (Wildman–Crippen LogP) is 5.47. The third-order valence-electron chi connectivity index (χ3n) is 7.92. The smallest absolute Gasteiger partial charge is 0.407 e. The van der Waals surface area contributed by atoms with Crippen LogP contribution < -0.4 is 26.4 Å². The quantitative estimate of drug-likeness (QED) is 0.146. The van der Waals surface area contributed by atoms with E-state index in [0.29, 0.717) is 17.7 Å². The van der Waals surface area contributed by atoms with E-state index < -0.39 is 47.7 Å². The van der Waals surface area contributed by atoms with Crippen molar-refractivity contribution in [3.63, 3.8) is 0 Å². The van der Waals surface area contributed by atoms with Gasteiger partial charge in [0.05, 0.1) is 24.4 Å². The van der Waals surface area contributed by atoms with Crippen molar-refractivity contribution in [1.82, 2.24) is 10.6 Å². The number of ether oxygens (including phenoxy) is 3. The Morgan fingerprint density at radius 2 is 1.63 bits per heavy atom. The lowest BCUT2D eigenvalue weighted by atomic mass is 9.98. The van der Waals surface area contributed by atoms with Gasteiger partial charge in [0.2, 0.25) is 5.91 Å². The van der Waals surface area contributed by atoms with E-state index in [1.807, 2.05) is 0 Å². The highest BCUT2D eigenvalue weighted by Crippen LogP contribution is 2.30. The lowest BCUT2D eigenvalue weighted by Crippen LogP contribution is -2.53. The van der Waals surface area contributed by atoms with Gasteiger partial charge in [0, 0.05) is 18.7 Å². The number of hydrogen-bond donors (Lipinski definition) is 4. The summed E-state index contributed by atoms with van der Waals surface area (Å²) in [5.41, 5.74) is 8.26. The van der Waals surface area contributed by atoms with Gasteiger partial charge in [-0.15, -0.1) is 0 Å². The van der Waals surface area contributed by atoms with E-state index in [1.54, 1.807) is 25.1 Å². The summed E-state index contributed by atoms with van der Waals surface area (Å²) in [6, 6.07) is 18.1. The number of nitrogens with two attached hydrogens (primary N) is 1. The Morgan fingerprint density at radius 1 is 0.939 bits per heavy atom. The first-order chi connectivity index (χ1) is 23.5. The van der Waals surface area contributed by atoms with E-state index in [0.717, 1.165) is 5.56 Å². The van der Waals surface area contributed by atoms with Crippen LogP contribution in [-0.4, -0.2) is 56.1 Å². The summed E-state index contributed by atoms with van der Waals surface area (Å²) in [5.74, 6) is -2.83. The summed E-state index contributed by atoms with van der Waals surface area (Å²) in [7, 11) is 0. The van der Waals surface area contributed by atoms with Gasteiger partial charge in [0.25, 0.3) is 0 Å². The monoisotopic (exact) mass is 680 g/mol. The maximum absolute atomic E-state index is 15.0. The highest BCUT2D eigenvalue weighted by molar-refractivity contribution is 5.96. The number of nitrogens with one attached hydrogen (secondary N) is 3. The van der Waals surface area contributed by atoms with Crippen LogP contribution in [0.3, 0.4) is 0 Å². The first-order valence-electron chi connectivity index (χ1n) is 15.6. The molecule has 49 heavy (non-hydrogen) atoms. The summed E-state index contributed by atoms with van der Waals surface area (Å²) in [5, 5.41) is 8.45. The van der Waals surface area contributed by atoms with Crippen LogP contribution in [0.1, 0.15) is 18.1 Å². The Labute approximate surface area is 280 Å². The normalized spacial score (nSPS) is 17.1. The zero-order valence-corrected chi connectivity index (χ0v) is 26.6. The Hall–Kier alpha value is -4.98. The van der Waals surface area contributed by atoms with Gasteiger partial charge in [-0.2, -0.15) is 0 Å². The maximum atomic E-state index is 15.0. The molecule has 1 heterocycles. The minimum atomic E-state index is -1.07. The molecule has 1 aliphatic rings. The number of alkyl carbamates (subject to hydrolysis) is 1. The van der Waals surface area contributed by atoms with E-state index in [9.17, 15) is 27.2 Å². The van der Waals surface area contributed by atoms with Crippen molar-refractivity contribution in [2.24, 2.45) is 5.73 Å². The van der Waals surface area contributed by atoms with Crippen LogP contribution in [0.15, 0.2) is 84.9 Å². The molecule has 4 aromatic rings. The van der Waals surface area contributed by atoms with Gasteiger partial charge in [-0.3, -0.25) is 4.79 Å². The molecule has 0 aromatic heterocycles. The number of hydrogen-bond acceptors (Lipinski definition) is 7. The van der Waals surface area contributed by atoms with Crippen molar-refractivity contribution >= 4 is 17.7 Å². The summed E-state index contributed by atoms with van der Waals surface area (Å²) in [6.45, 7) is 2.41. The molecule has 258 valence electrons. The van der Waals surface area contributed by atoms with Gasteiger partial charge in [-0.05, 0) is 78.6 Å². The van der Waals surface area contributed by atoms with Crippen molar-refractivity contribution in [3.8, 4) is 16.9 Å². The van der Waals surface area contributed by atoms with E-state index in [1.165, 1.54) is 66.7 Å². The summed E-state index contributed by atoms with van der Waals surface area (Å²) in [6.07, 6.45) is -1.74. The number of benzene rings is 4. The molecule has 0 unspecified atom stereocenters. The standard InChI is InChI=1S/C36H36F4N4O5/c1-21(33-18-42-27(19-47-33)20-48-36(46)43-17-22-5-10-25(37)11-6-22)49-34-30(40)3-2-4-32(34)44-35(45)31(41)16-23-7-14-29(39)28(15-23)24-8-12-26(38)13-9-24/h2-15,21,27,31,33,42H,16-20,41H2,1H3,(H,43,46)(H,44,45)/t21-,27-,31-,33-/m0/s1. The Kier molecular flexibility index (Phi) is 11.8. The SMILES string of the molecule is C[C@H](Oc1c(F)cccc1NC(=O)[C@@H](N)Cc1ccc(F)c(-c2ccc(F)cc2)c1)[C@@H]1CN[C@H](COC(=O)NCc2ccc(F)cc2)CO1. The van der Waals surface area contributed by atoms with Crippen molar-refractivity contribution < 1.29 is 41.4 Å².